The van der Waals surface area contributed by atoms with Crippen molar-refractivity contribution in [1.82, 2.24) is 0 Å². The number of ketones is 1. The molecule has 102 valence electrons. The first-order chi connectivity index (χ1) is 8.47. The Labute approximate surface area is 118 Å². The maximum absolute atomic E-state index is 11.5. The summed E-state index contributed by atoms with van der Waals surface area (Å²) in [5.41, 5.74) is 6.63. The van der Waals surface area contributed by atoms with Crippen LogP contribution in [0.25, 0.3) is 0 Å². The summed E-state index contributed by atoms with van der Waals surface area (Å²) in [5, 5.41) is 4.44. The lowest BCUT2D eigenvalue weighted by atomic mass is 10.1. The monoisotopic (exact) mass is 286 g/mol. The standard InChI is InChI=1S/C13H22N2OS2/c1-8(2)6-5-7-15-13-12(17-4)10(14)11(18-13)9(3)16/h8,15H,5-7,14H2,1-4H3. The van der Waals surface area contributed by atoms with Crippen LogP contribution in [0.15, 0.2) is 4.90 Å². The molecule has 0 aliphatic heterocycles. The molecule has 0 saturated heterocycles. The molecule has 3 nitrogen and oxygen atoms in total. The fraction of sp³-hybridized carbons (Fsp3) is 0.615. The SMILES string of the molecule is CSc1c(NCCCC(C)C)sc(C(C)=O)c1N. The number of hydrogen-bond donors (Lipinski definition) is 2. The molecule has 0 saturated carbocycles. The van der Waals surface area contributed by atoms with E-state index in [0.29, 0.717) is 10.6 Å². The number of anilines is 2. The van der Waals surface area contributed by atoms with E-state index in [1.165, 1.54) is 17.8 Å². The van der Waals surface area contributed by atoms with Crippen LogP contribution in [0.4, 0.5) is 10.7 Å². The molecule has 0 aromatic carbocycles. The second kappa shape index (κ2) is 7.04. The van der Waals surface area contributed by atoms with Gasteiger partial charge in [-0.2, -0.15) is 0 Å². The second-order valence-corrected chi connectivity index (χ2v) is 6.56. The summed E-state index contributed by atoms with van der Waals surface area (Å²) in [4.78, 5) is 13.1. The molecule has 1 aromatic rings. The molecular formula is C13H22N2OS2. The van der Waals surface area contributed by atoms with Gasteiger partial charge in [0.1, 0.15) is 5.00 Å². The lowest BCUT2D eigenvalue weighted by Crippen LogP contribution is -2.02. The molecular weight excluding hydrogens is 264 g/mol. The van der Waals surface area contributed by atoms with Crippen LogP contribution in [0.3, 0.4) is 0 Å². The number of Topliss-reactive ketones (excluding diaryl/α,β-unsaturated/α-hetero) is 1. The van der Waals surface area contributed by atoms with E-state index in [1.54, 1.807) is 18.7 Å². The quantitative estimate of drug-likeness (QED) is 0.450. The number of nitrogens with one attached hydrogen (secondary N) is 1. The molecule has 0 unspecified atom stereocenters. The third-order valence-corrected chi connectivity index (χ3v) is 4.89. The molecule has 1 heterocycles. The predicted octanol–water partition coefficient (Wildman–Crippen LogP) is 4.10. The molecule has 18 heavy (non-hydrogen) atoms. The molecule has 0 aliphatic rings. The molecule has 0 atom stereocenters. The molecule has 0 amide bonds. The van der Waals surface area contributed by atoms with E-state index in [1.807, 2.05) is 6.26 Å². The zero-order chi connectivity index (χ0) is 13.7. The fourth-order valence-corrected chi connectivity index (χ4v) is 3.68. The van der Waals surface area contributed by atoms with Gasteiger partial charge in [-0.25, -0.2) is 0 Å². The maximum Gasteiger partial charge on any atom is 0.171 e. The van der Waals surface area contributed by atoms with E-state index < -0.39 is 0 Å². The zero-order valence-electron chi connectivity index (χ0n) is 11.5. The van der Waals surface area contributed by atoms with Gasteiger partial charge in [0.05, 0.1) is 15.5 Å². The third kappa shape index (κ3) is 3.92. The molecule has 0 spiro atoms. The van der Waals surface area contributed by atoms with Crippen LogP contribution in [0.5, 0.6) is 0 Å². The van der Waals surface area contributed by atoms with Crippen molar-refractivity contribution in [2.75, 3.05) is 23.9 Å². The topological polar surface area (TPSA) is 55.1 Å². The Morgan fingerprint density at radius 2 is 2.17 bits per heavy atom. The molecule has 1 rings (SSSR count). The summed E-state index contributed by atoms with van der Waals surface area (Å²) in [5.74, 6) is 0.774. The molecule has 0 bridgehead atoms. The first kappa shape index (κ1) is 15.4. The van der Waals surface area contributed by atoms with Crippen molar-refractivity contribution >= 4 is 39.6 Å². The first-order valence-corrected chi connectivity index (χ1v) is 8.22. The minimum atomic E-state index is 0.0445. The Bertz CT molecular complexity index is 413. The normalized spacial score (nSPS) is 10.9. The minimum absolute atomic E-state index is 0.0445. The van der Waals surface area contributed by atoms with Crippen molar-refractivity contribution < 1.29 is 4.79 Å². The van der Waals surface area contributed by atoms with Crippen molar-refractivity contribution in [3.63, 3.8) is 0 Å². The average Bonchev–Trinajstić information content (AvgIpc) is 2.61. The number of hydrogen-bond acceptors (Lipinski definition) is 5. The van der Waals surface area contributed by atoms with Gasteiger partial charge in [-0.1, -0.05) is 13.8 Å². The summed E-state index contributed by atoms with van der Waals surface area (Å²) >= 11 is 3.07. The van der Waals surface area contributed by atoms with Gasteiger partial charge in [0.25, 0.3) is 0 Å². The lowest BCUT2D eigenvalue weighted by molar-refractivity contribution is 0.102. The number of nitrogens with two attached hydrogens (primary N) is 1. The van der Waals surface area contributed by atoms with Crippen molar-refractivity contribution in [1.29, 1.82) is 0 Å². The van der Waals surface area contributed by atoms with E-state index in [2.05, 4.69) is 19.2 Å². The van der Waals surface area contributed by atoms with Gasteiger partial charge in [-0.3, -0.25) is 4.79 Å². The number of thioether (sulfide) groups is 1. The lowest BCUT2D eigenvalue weighted by Gasteiger charge is -2.07. The van der Waals surface area contributed by atoms with E-state index >= 15 is 0 Å². The van der Waals surface area contributed by atoms with Crippen molar-refractivity contribution in [2.24, 2.45) is 5.92 Å². The Morgan fingerprint density at radius 3 is 2.67 bits per heavy atom. The number of nitrogen functional groups attached to an aromatic ring is 1. The minimum Gasteiger partial charge on any atom is -0.396 e. The maximum atomic E-state index is 11.5. The van der Waals surface area contributed by atoms with Crippen LogP contribution in [0.2, 0.25) is 0 Å². The molecule has 3 N–H and O–H groups in total. The van der Waals surface area contributed by atoms with Gasteiger partial charge >= 0.3 is 0 Å². The van der Waals surface area contributed by atoms with Gasteiger partial charge in [0.2, 0.25) is 0 Å². The summed E-state index contributed by atoms with van der Waals surface area (Å²) in [6, 6.07) is 0. The Balaban J connectivity index is 2.70. The molecule has 5 heteroatoms. The number of rotatable bonds is 7. The molecule has 1 aromatic heterocycles. The summed E-state index contributed by atoms with van der Waals surface area (Å²) in [7, 11) is 0. The van der Waals surface area contributed by atoms with Crippen LogP contribution in [-0.4, -0.2) is 18.6 Å². The first-order valence-electron chi connectivity index (χ1n) is 6.18. The van der Waals surface area contributed by atoms with Gasteiger partial charge in [0, 0.05) is 13.5 Å². The third-order valence-electron chi connectivity index (χ3n) is 2.67. The number of carbonyl (C=O) groups excluding carboxylic acids is 1. The Morgan fingerprint density at radius 1 is 1.50 bits per heavy atom. The molecule has 0 fully saturated rings. The number of carbonyl (C=O) groups is 1. The number of thiophene rings is 1. The van der Waals surface area contributed by atoms with Gasteiger partial charge in [-0.05, 0) is 25.0 Å². The molecule has 0 aliphatic carbocycles. The van der Waals surface area contributed by atoms with Crippen LogP contribution < -0.4 is 11.1 Å². The van der Waals surface area contributed by atoms with Gasteiger partial charge in [-0.15, -0.1) is 23.1 Å². The highest BCUT2D eigenvalue weighted by atomic mass is 32.2. The highest BCUT2D eigenvalue weighted by Gasteiger charge is 2.17. The average molecular weight is 286 g/mol. The summed E-state index contributed by atoms with van der Waals surface area (Å²) < 4.78 is 0. The fourth-order valence-electron chi connectivity index (χ4n) is 1.72. The van der Waals surface area contributed by atoms with Crippen molar-refractivity contribution in [2.45, 2.75) is 38.5 Å². The smallest absolute Gasteiger partial charge is 0.171 e. The van der Waals surface area contributed by atoms with Crippen molar-refractivity contribution in [3.8, 4) is 0 Å². The van der Waals surface area contributed by atoms with E-state index in [-0.39, 0.29) is 5.78 Å². The summed E-state index contributed by atoms with van der Waals surface area (Å²) in [6.07, 6.45) is 4.34. The van der Waals surface area contributed by atoms with Gasteiger partial charge < -0.3 is 11.1 Å². The Hall–Kier alpha value is -0.680. The van der Waals surface area contributed by atoms with Crippen LogP contribution in [0.1, 0.15) is 43.3 Å². The van der Waals surface area contributed by atoms with E-state index in [9.17, 15) is 4.79 Å². The summed E-state index contributed by atoms with van der Waals surface area (Å²) in [6.45, 7) is 6.95. The van der Waals surface area contributed by atoms with Gasteiger partial charge in [0.15, 0.2) is 5.78 Å². The van der Waals surface area contributed by atoms with Crippen LogP contribution in [-0.2, 0) is 0 Å². The Kier molecular flexibility index (Phi) is 6.02. The zero-order valence-corrected chi connectivity index (χ0v) is 13.1. The van der Waals surface area contributed by atoms with E-state index in [0.717, 1.165) is 28.8 Å². The molecule has 0 radical (unpaired) electrons. The highest BCUT2D eigenvalue weighted by Crippen LogP contribution is 2.41. The largest absolute Gasteiger partial charge is 0.396 e. The highest BCUT2D eigenvalue weighted by molar-refractivity contribution is 7.99. The van der Waals surface area contributed by atoms with Crippen LogP contribution in [0, 0.1) is 5.92 Å². The predicted molar refractivity (Wildman–Crippen MR) is 83.1 cm³/mol. The van der Waals surface area contributed by atoms with Crippen molar-refractivity contribution in [3.05, 3.63) is 4.88 Å². The van der Waals surface area contributed by atoms with E-state index in [4.69, 9.17) is 5.73 Å². The second-order valence-electron chi connectivity index (χ2n) is 4.73. The van der Waals surface area contributed by atoms with Crippen LogP contribution >= 0.6 is 23.1 Å².